The maximum Gasteiger partial charge on any atom is 1.00 e. The van der Waals surface area contributed by atoms with Crippen molar-refractivity contribution in [2.24, 2.45) is 0 Å². The van der Waals surface area contributed by atoms with Gasteiger partial charge in [-0.2, -0.15) is 0 Å². The zero-order chi connectivity index (χ0) is 13.3. The molecule has 0 radical (unpaired) electrons. The van der Waals surface area contributed by atoms with Crippen LogP contribution in [0.1, 0.15) is 5.56 Å². The maximum absolute atomic E-state index is 11.0. The third kappa shape index (κ3) is 9.31. The van der Waals surface area contributed by atoms with Crippen molar-refractivity contribution in [2.75, 3.05) is 0 Å². The molecular weight excluding hydrogens is 375 g/mol. The average Bonchev–Trinajstić information content (AvgIpc) is 2.15. The van der Waals surface area contributed by atoms with Crippen LogP contribution in [0.25, 0.3) is 0 Å². The topological polar surface area (TPSA) is 309 Å². The number of hydrogen-bond acceptors (Lipinski definition) is 5. The van der Waals surface area contributed by atoms with Crippen LogP contribution in [0.15, 0.2) is 24.5 Å². The fourth-order valence-electron chi connectivity index (χ4n) is 1.14. The molecule has 2 atom stereocenters. The van der Waals surface area contributed by atoms with Crippen molar-refractivity contribution in [3.05, 3.63) is 30.1 Å². The summed E-state index contributed by atoms with van der Waals surface area (Å²) in [6.45, 7) is 0. The van der Waals surface area contributed by atoms with Crippen molar-refractivity contribution in [2.45, 2.75) is 11.5 Å². The van der Waals surface area contributed by atoms with Crippen LogP contribution in [0.2, 0.25) is 0 Å². The minimum atomic E-state index is -5.66. The van der Waals surface area contributed by atoms with Gasteiger partial charge in [0, 0.05) is 18.8 Å². The Bertz CT molecular complexity index is 467. The average molecular weight is 395 g/mol. The quantitative estimate of drug-likeness (QED) is 0.279. The molecule has 0 aliphatic carbocycles. The molecule has 23 heavy (non-hydrogen) atoms. The van der Waals surface area contributed by atoms with E-state index in [-0.39, 0.29) is 62.5 Å². The first-order chi connectivity index (χ1) is 7.58. The van der Waals surface area contributed by atoms with E-state index in [4.69, 9.17) is 14.7 Å². The van der Waals surface area contributed by atoms with Crippen LogP contribution in [0, 0.1) is 0 Å². The minimum absolute atomic E-state index is 0. The predicted molar refractivity (Wildman–Crippen MR) is 72.8 cm³/mol. The Labute approximate surface area is 152 Å². The van der Waals surface area contributed by atoms with E-state index in [9.17, 15) is 19.1 Å². The Morgan fingerprint density at radius 3 is 1.78 bits per heavy atom. The zero-order valence-corrected chi connectivity index (χ0v) is 15.7. The molecule has 0 bridgehead atoms. The third-order valence-electron chi connectivity index (χ3n) is 2.08. The van der Waals surface area contributed by atoms with Gasteiger partial charge in [-0.25, -0.2) is 0 Å². The fourth-order valence-corrected chi connectivity index (χ4v) is 3.23. The van der Waals surface area contributed by atoms with Crippen molar-refractivity contribution in [1.29, 1.82) is 0 Å². The van der Waals surface area contributed by atoms with Crippen LogP contribution in [0.5, 0.6) is 0 Å². The number of nitrogens with zero attached hydrogens (tertiary/aromatic N) is 1. The predicted octanol–water partition coefficient (Wildman–Crippen LogP) is -8.13. The Hall–Kier alpha value is 0.210. The summed E-state index contributed by atoms with van der Waals surface area (Å²) < 4.78 is 21.9. The van der Waals surface area contributed by atoms with Gasteiger partial charge in [-0.05, 0) is 11.6 Å². The molecule has 0 spiro atoms. The SMILES string of the molecule is O.O.O.O.O.O=P([O-])(O)C(O)(Cc1cccnc1)P(=O)(O)O.[Na+]. The van der Waals surface area contributed by atoms with E-state index in [0.29, 0.717) is 0 Å². The van der Waals surface area contributed by atoms with Gasteiger partial charge >= 0.3 is 37.2 Å². The summed E-state index contributed by atoms with van der Waals surface area (Å²) in [5.41, 5.74) is 0.0588. The number of hydrogen-bond donors (Lipinski definition) is 4. The molecule has 1 aromatic heterocycles. The van der Waals surface area contributed by atoms with Crippen molar-refractivity contribution in [1.82, 2.24) is 4.98 Å². The van der Waals surface area contributed by atoms with Crippen LogP contribution < -0.4 is 34.5 Å². The molecule has 2 unspecified atom stereocenters. The number of aliphatic hydroxyl groups is 1. The largest absolute Gasteiger partial charge is 1.00 e. The van der Waals surface area contributed by atoms with Crippen molar-refractivity contribution >= 4 is 15.2 Å². The Kier molecular flexibility index (Phi) is 22.7. The zero-order valence-electron chi connectivity index (χ0n) is 11.9. The third-order valence-corrected chi connectivity index (χ3v) is 5.78. The van der Waals surface area contributed by atoms with Crippen molar-refractivity contribution in [3.8, 4) is 0 Å². The summed E-state index contributed by atoms with van der Waals surface area (Å²) in [4.78, 5) is 41.0. The van der Waals surface area contributed by atoms with Crippen LogP contribution in [0.3, 0.4) is 0 Å². The molecule has 14 N–H and O–H groups in total. The first kappa shape index (κ1) is 38.7. The number of rotatable bonds is 4. The molecule has 16 heteroatoms. The molecule has 13 nitrogen and oxygen atoms in total. The Morgan fingerprint density at radius 2 is 1.52 bits per heavy atom. The molecular formula is C7H20NNaO12P2. The molecule has 0 aromatic carbocycles. The molecule has 1 rings (SSSR count). The van der Waals surface area contributed by atoms with Gasteiger partial charge in [0.2, 0.25) is 5.08 Å². The summed E-state index contributed by atoms with van der Waals surface area (Å²) in [5, 5.41) is 5.98. The van der Waals surface area contributed by atoms with Crippen LogP contribution in [-0.2, 0) is 15.6 Å². The van der Waals surface area contributed by atoms with Gasteiger partial charge in [0.1, 0.15) is 0 Å². The van der Waals surface area contributed by atoms with E-state index in [0.717, 1.165) is 6.20 Å². The first-order valence-corrected chi connectivity index (χ1v) is 7.48. The van der Waals surface area contributed by atoms with E-state index in [2.05, 4.69) is 4.98 Å². The van der Waals surface area contributed by atoms with Gasteiger partial charge in [0.25, 0.3) is 0 Å². The van der Waals surface area contributed by atoms with E-state index in [1.165, 1.54) is 18.3 Å². The molecule has 0 saturated heterocycles. The van der Waals surface area contributed by atoms with E-state index >= 15 is 0 Å². The van der Waals surface area contributed by atoms with Gasteiger partial charge in [-0.15, -0.1) is 0 Å². The Balaban J connectivity index is -0.000000120. The van der Waals surface area contributed by atoms with Gasteiger partial charge in [0.05, 0.1) is 0 Å². The molecule has 1 heterocycles. The van der Waals surface area contributed by atoms with Crippen LogP contribution in [-0.4, -0.2) is 57.2 Å². The molecule has 0 amide bonds. The second-order valence-corrected chi connectivity index (χ2v) is 7.34. The second kappa shape index (κ2) is 13.5. The number of pyridine rings is 1. The van der Waals surface area contributed by atoms with Gasteiger partial charge in [-0.1, -0.05) is 6.07 Å². The molecule has 1 aromatic rings. The summed E-state index contributed by atoms with van der Waals surface area (Å²) in [6.07, 6.45) is 1.52. The summed E-state index contributed by atoms with van der Waals surface area (Å²) in [5.74, 6) is 0. The molecule has 0 fully saturated rings. The minimum Gasteiger partial charge on any atom is -0.776 e. The molecule has 136 valence electrons. The van der Waals surface area contributed by atoms with Crippen molar-refractivity contribution < 1.29 is 90.7 Å². The maximum atomic E-state index is 11.0. The van der Waals surface area contributed by atoms with E-state index in [1.807, 2.05) is 0 Å². The van der Waals surface area contributed by atoms with Crippen LogP contribution >= 0.6 is 15.2 Å². The monoisotopic (exact) mass is 395 g/mol. The number of aromatic nitrogens is 1. The van der Waals surface area contributed by atoms with E-state index in [1.54, 1.807) is 0 Å². The summed E-state index contributed by atoms with van der Waals surface area (Å²) in [7, 11) is -11.1. The van der Waals surface area contributed by atoms with E-state index < -0.39 is 26.7 Å². The molecule has 0 aliphatic rings. The van der Waals surface area contributed by atoms with Crippen LogP contribution in [0.4, 0.5) is 0 Å². The van der Waals surface area contributed by atoms with Gasteiger partial charge < -0.3 is 56.6 Å². The second-order valence-electron chi connectivity index (χ2n) is 3.38. The smallest absolute Gasteiger partial charge is 0.776 e. The van der Waals surface area contributed by atoms with Crippen molar-refractivity contribution in [3.63, 3.8) is 0 Å². The standard InChI is InChI=1S/C7H11NO7P2.Na.5H2O/c9-7(16(10,11)12,17(13,14)15)4-6-2-1-3-8-5-6;;;;;;/h1-3,5,9H,4H2,(H2,10,11,12)(H2,13,14,15);;5*1H2/q;+1;;;;;/p-1. The first-order valence-electron chi connectivity index (χ1n) is 4.29. The van der Waals surface area contributed by atoms with Gasteiger partial charge in [0.15, 0.2) is 7.60 Å². The summed E-state index contributed by atoms with van der Waals surface area (Å²) in [6, 6.07) is 2.70. The molecule has 0 aliphatic heterocycles. The Morgan fingerprint density at radius 1 is 1.09 bits per heavy atom. The fraction of sp³-hybridized carbons (Fsp3) is 0.286. The van der Waals surface area contributed by atoms with Gasteiger partial charge in [-0.3, -0.25) is 9.55 Å². The molecule has 0 saturated carbocycles. The summed E-state index contributed by atoms with van der Waals surface area (Å²) >= 11 is 0. The normalized spacial score (nSPS) is 14.3.